The Kier molecular flexibility index (Phi) is 5.01. The van der Waals surface area contributed by atoms with E-state index in [0.29, 0.717) is 5.92 Å². The molecular formula is C17H22N2OS. The van der Waals surface area contributed by atoms with Crippen molar-refractivity contribution in [2.24, 2.45) is 5.92 Å². The van der Waals surface area contributed by atoms with E-state index < -0.39 is 0 Å². The lowest BCUT2D eigenvalue weighted by Gasteiger charge is -2.33. The maximum absolute atomic E-state index is 10.4. The Morgan fingerprint density at radius 1 is 1.24 bits per heavy atom. The topological polar surface area (TPSA) is 36.4 Å². The average molecular weight is 302 g/mol. The summed E-state index contributed by atoms with van der Waals surface area (Å²) in [6, 6.07) is 10.7. The normalized spacial score (nSPS) is 18.7. The first kappa shape index (κ1) is 14.7. The van der Waals surface area contributed by atoms with E-state index in [1.165, 1.54) is 5.56 Å². The van der Waals surface area contributed by atoms with Crippen molar-refractivity contribution < 1.29 is 5.11 Å². The minimum absolute atomic E-state index is 0.365. The molecule has 2 aromatic rings. The molecule has 1 aliphatic rings. The molecule has 3 nitrogen and oxygen atoms in total. The minimum Gasteiger partial charge on any atom is -0.386 e. The van der Waals surface area contributed by atoms with Crippen LogP contribution < -0.4 is 0 Å². The molecule has 0 saturated carbocycles. The molecule has 1 unspecified atom stereocenters. The van der Waals surface area contributed by atoms with Crippen molar-refractivity contribution in [3.8, 4) is 0 Å². The molecule has 1 atom stereocenters. The Morgan fingerprint density at radius 2 is 2.00 bits per heavy atom. The average Bonchev–Trinajstić information content (AvgIpc) is 3.08. The molecule has 1 N–H and O–H groups in total. The number of hydrogen-bond acceptors (Lipinski definition) is 4. The van der Waals surface area contributed by atoms with Crippen LogP contribution >= 0.6 is 11.3 Å². The fraction of sp³-hybridized carbons (Fsp3) is 0.471. The van der Waals surface area contributed by atoms with Crippen LogP contribution in [0.5, 0.6) is 0 Å². The lowest BCUT2D eigenvalue weighted by atomic mass is 9.91. The van der Waals surface area contributed by atoms with Gasteiger partial charge in [0.15, 0.2) is 0 Å². The summed E-state index contributed by atoms with van der Waals surface area (Å²) in [6.45, 7) is 3.28. The van der Waals surface area contributed by atoms with Gasteiger partial charge in [-0.3, -0.25) is 0 Å². The van der Waals surface area contributed by atoms with Crippen LogP contribution in [0.15, 0.2) is 41.9 Å². The van der Waals surface area contributed by atoms with E-state index in [1.807, 2.05) is 5.38 Å². The van der Waals surface area contributed by atoms with Gasteiger partial charge >= 0.3 is 0 Å². The van der Waals surface area contributed by atoms with Crippen LogP contribution in [0.2, 0.25) is 0 Å². The first-order chi connectivity index (χ1) is 10.3. The lowest BCUT2D eigenvalue weighted by Crippen LogP contribution is -2.36. The van der Waals surface area contributed by atoms with Gasteiger partial charge in [0.25, 0.3) is 0 Å². The van der Waals surface area contributed by atoms with Crippen LogP contribution in [0.25, 0.3) is 0 Å². The molecular weight excluding hydrogens is 280 g/mol. The third kappa shape index (κ3) is 3.90. The first-order valence-corrected chi connectivity index (χ1v) is 8.54. The van der Waals surface area contributed by atoms with Crippen molar-refractivity contribution >= 4 is 11.3 Å². The van der Waals surface area contributed by atoms with Crippen LogP contribution in [0, 0.1) is 5.92 Å². The Labute approximate surface area is 130 Å². The number of rotatable bonds is 5. The Hall–Kier alpha value is -1.23. The molecule has 1 fully saturated rings. The van der Waals surface area contributed by atoms with Crippen LogP contribution in [0.4, 0.5) is 0 Å². The summed E-state index contributed by atoms with van der Waals surface area (Å²) in [5, 5.41) is 13.2. The fourth-order valence-corrected chi connectivity index (χ4v) is 3.72. The summed E-state index contributed by atoms with van der Waals surface area (Å²) < 4.78 is 0. The molecule has 112 valence electrons. The quantitative estimate of drug-likeness (QED) is 0.922. The van der Waals surface area contributed by atoms with E-state index in [2.05, 4.69) is 40.2 Å². The molecule has 21 heavy (non-hydrogen) atoms. The molecule has 0 bridgehead atoms. The lowest BCUT2D eigenvalue weighted by molar-refractivity contribution is 0.0590. The highest BCUT2D eigenvalue weighted by Gasteiger charge is 2.27. The van der Waals surface area contributed by atoms with E-state index in [1.54, 1.807) is 17.5 Å². The Morgan fingerprint density at radius 3 is 2.67 bits per heavy atom. The number of aliphatic hydroxyl groups is 1. The van der Waals surface area contributed by atoms with Crippen LogP contribution in [0.1, 0.15) is 29.5 Å². The second-order valence-corrected chi connectivity index (χ2v) is 6.66. The zero-order valence-corrected chi connectivity index (χ0v) is 13.0. The summed E-state index contributed by atoms with van der Waals surface area (Å²) in [5.41, 5.74) is 1.41. The highest BCUT2D eigenvalue weighted by Crippen LogP contribution is 2.31. The van der Waals surface area contributed by atoms with E-state index >= 15 is 0 Å². The van der Waals surface area contributed by atoms with Crippen molar-refractivity contribution in [1.82, 2.24) is 9.88 Å². The maximum atomic E-state index is 10.4. The fourth-order valence-electron chi connectivity index (χ4n) is 3.01. The van der Waals surface area contributed by atoms with Crippen molar-refractivity contribution in [1.29, 1.82) is 0 Å². The molecule has 1 aromatic heterocycles. The molecule has 1 saturated heterocycles. The second kappa shape index (κ2) is 7.16. The van der Waals surface area contributed by atoms with Gasteiger partial charge in [0.2, 0.25) is 0 Å². The molecule has 0 radical (unpaired) electrons. The van der Waals surface area contributed by atoms with Crippen LogP contribution in [0.3, 0.4) is 0 Å². The molecule has 1 aromatic carbocycles. The Bertz CT molecular complexity index is 521. The van der Waals surface area contributed by atoms with Crippen molar-refractivity contribution in [2.45, 2.75) is 25.4 Å². The van der Waals surface area contributed by atoms with Gasteiger partial charge in [-0.15, -0.1) is 11.3 Å². The smallest absolute Gasteiger partial charge is 0.121 e. The van der Waals surface area contributed by atoms with Crippen molar-refractivity contribution in [3.05, 3.63) is 52.5 Å². The largest absolute Gasteiger partial charge is 0.386 e. The number of aromatic nitrogens is 1. The number of likely N-dealkylation sites (tertiary alicyclic amines) is 1. The first-order valence-electron chi connectivity index (χ1n) is 7.66. The maximum Gasteiger partial charge on any atom is 0.121 e. The van der Waals surface area contributed by atoms with Gasteiger partial charge in [-0.25, -0.2) is 4.98 Å². The zero-order chi connectivity index (χ0) is 14.5. The highest BCUT2D eigenvalue weighted by molar-refractivity contribution is 7.09. The monoisotopic (exact) mass is 302 g/mol. The number of benzene rings is 1. The van der Waals surface area contributed by atoms with Crippen molar-refractivity contribution in [2.75, 3.05) is 19.6 Å². The molecule has 0 spiro atoms. The predicted molar refractivity (Wildman–Crippen MR) is 86.4 cm³/mol. The predicted octanol–water partition coefficient (Wildman–Crippen LogP) is 3.13. The SMILES string of the molecule is OC(c1nccs1)C1CCN(CCc2ccccc2)CC1. The molecule has 1 aliphatic heterocycles. The van der Waals surface area contributed by atoms with Gasteiger partial charge in [-0.1, -0.05) is 30.3 Å². The molecule has 4 heteroatoms. The number of piperidine rings is 1. The summed E-state index contributed by atoms with van der Waals surface area (Å²) in [7, 11) is 0. The second-order valence-electron chi connectivity index (χ2n) is 5.73. The van der Waals surface area contributed by atoms with E-state index in [4.69, 9.17) is 0 Å². The van der Waals surface area contributed by atoms with E-state index in [-0.39, 0.29) is 6.10 Å². The summed E-state index contributed by atoms with van der Waals surface area (Å²) in [6.07, 6.45) is 4.64. The summed E-state index contributed by atoms with van der Waals surface area (Å²) in [4.78, 5) is 6.75. The van der Waals surface area contributed by atoms with Gasteiger partial charge in [-0.2, -0.15) is 0 Å². The summed E-state index contributed by atoms with van der Waals surface area (Å²) >= 11 is 1.56. The van der Waals surface area contributed by atoms with Crippen LogP contribution in [-0.4, -0.2) is 34.6 Å². The van der Waals surface area contributed by atoms with Crippen LogP contribution in [-0.2, 0) is 6.42 Å². The third-order valence-corrected chi connectivity index (χ3v) is 5.19. The van der Waals surface area contributed by atoms with Gasteiger partial charge in [0.05, 0.1) is 0 Å². The van der Waals surface area contributed by atoms with Gasteiger partial charge in [0, 0.05) is 18.1 Å². The van der Waals surface area contributed by atoms with Gasteiger partial charge < -0.3 is 10.0 Å². The Balaban J connectivity index is 1.45. The summed E-state index contributed by atoms with van der Waals surface area (Å²) in [5.74, 6) is 0.365. The minimum atomic E-state index is -0.374. The zero-order valence-electron chi connectivity index (χ0n) is 12.2. The molecule has 2 heterocycles. The molecule has 0 amide bonds. The standard InChI is InChI=1S/C17H22N2OS/c20-16(17-18-9-13-21-17)15-7-11-19(12-8-15)10-6-14-4-2-1-3-5-14/h1-5,9,13,15-16,20H,6-8,10-12H2. The van der Waals surface area contributed by atoms with Crippen molar-refractivity contribution in [3.63, 3.8) is 0 Å². The molecule has 0 aliphatic carbocycles. The number of nitrogens with zero attached hydrogens (tertiary/aromatic N) is 2. The number of hydrogen-bond donors (Lipinski definition) is 1. The highest BCUT2D eigenvalue weighted by atomic mass is 32.1. The van der Waals surface area contributed by atoms with E-state index in [9.17, 15) is 5.11 Å². The van der Waals surface area contributed by atoms with Gasteiger partial charge in [-0.05, 0) is 43.8 Å². The number of aliphatic hydroxyl groups excluding tert-OH is 1. The molecule has 3 rings (SSSR count). The third-order valence-electron chi connectivity index (χ3n) is 4.34. The van der Waals surface area contributed by atoms with E-state index in [0.717, 1.165) is 43.9 Å². The van der Waals surface area contributed by atoms with Gasteiger partial charge in [0.1, 0.15) is 11.1 Å². The number of thiazole rings is 1.